The molecule has 6 nitrogen and oxygen atoms in total. The van der Waals surface area contributed by atoms with Crippen molar-refractivity contribution in [1.29, 1.82) is 0 Å². The largest absolute Gasteiger partial charge is 0.444 e. The van der Waals surface area contributed by atoms with E-state index in [0.717, 1.165) is 24.6 Å². The minimum absolute atomic E-state index is 0.397. The molecule has 0 heterocycles. The smallest absolute Gasteiger partial charge is 0.417 e. The predicted molar refractivity (Wildman–Crippen MR) is 97.2 cm³/mol. The van der Waals surface area contributed by atoms with Gasteiger partial charge in [0.15, 0.2) is 0 Å². The van der Waals surface area contributed by atoms with Gasteiger partial charge < -0.3 is 10.1 Å². The Morgan fingerprint density at radius 3 is 2.21 bits per heavy atom. The Morgan fingerprint density at radius 2 is 1.64 bits per heavy atom. The Balaban J connectivity index is 2.21. The quantitative estimate of drug-likeness (QED) is 0.773. The summed E-state index contributed by atoms with van der Waals surface area (Å²) in [6.45, 7) is 5.09. The molecule has 2 rings (SSSR count). The summed E-state index contributed by atoms with van der Waals surface area (Å²) in [7, 11) is -4.44. The van der Waals surface area contributed by atoms with Gasteiger partial charge in [0.2, 0.25) is 10.0 Å². The van der Waals surface area contributed by atoms with E-state index in [1.807, 2.05) is 0 Å². The molecule has 0 aliphatic heterocycles. The molecule has 2 N–H and O–H groups in total. The van der Waals surface area contributed by atoms with Crippen LogP contribution in [0.15, 0.2) is 29.2 Å². The number of hydrogen-bond donors (Lipinski definition) is 2. The standard InChI is InChI=1S/C18H25F3N2O4S/c1-17(2,3)27-16(24)22-13-9-5-6-10-14(13)23-28(25,26)15-11-7-4-8-12(15)18(19,20)21/h4,7-8,11,13-14,23H,5-6,9-10H2,1-3H3,(H,22,24)/t13-,14-/m0/s1. The van der Waals surface area contributed by atoms with Gasteiger partial charge >= 0.3 is 12.3 Å². The van der Waals surface area contributed by atoms with E-state index >= 15 is 0 Å². The van der Waals surface area contributed by atoms with Gasteiger partial charge in [-0.15, -0.1) is 0 Å². The van der Waals surface area contributed by atoms with Crippen LogP contribution in [0, 0.1) is 0 Å². The molecule has 2 atom stereocenters. The third-order valence-electron chi connectivity index (χ3n) is 4.26. The Labute approximate surface area is 162 Å². The number of halogens is 3. The third-order valence-corrected chi connectivity index (χ3v) is 5.80. The van der Waals surface area contributed by atoms with Crippen molar-refractivity contribution in [2.24, 2.45) is 0 Å². The van der Waals surface area contributed by atoms with Crippen molar-refractivity contribution in [2.45, 2.75) is 75.2 Å². The molecule has 0 aromatic heterocycles. The molecule has 0 bridgehead atoms. The fourth-order valence-electron chi connectivity index (χ4n) is 3.10. The second-order valence-corrected chi connectivity index (χ2v) is 9.44. The minimum atomic E-state index is -4.80. The van der Waals surface area contributed by atoms with Gasteiger partial charge in [-0.1, -0.05) is 25.0 Å². The maximum Gasteiger partial charge on any atom is 0.417 e. The number of alkyl halides is 3. The number of carbonyl (C=O) groups is 1. The van der Waals surface area contributed by atoms with Gasteiger partial charge in [0.1, 0.15) is 5.60 Å². The number of ether oxygens (including phenoxy) is 1. The van der Waals surface area contributed by atoms with Crippen LogP contribution in [0.25, 0.3) is 0 Å². The first-order valence-corrected chi connectivity index (χ1v) is 10.5. The van der Waals surface area contributed by atoms with E-state index in [-0.39, 0.29) is 0 Å². The van der Waals surface area contributed by atoms with Crippen molar-refractivity contribution in [3.05, 3.63) is 29.8 Å². The first-order valence-electron chi connectivity index (χ1n) is 8.98. The van der Waals surface area contributed by atoms with Gasteiger partial charge in [0.05, 0.1) is 10.5 Å². The maximum absolute atomic E-state index is 13.2. The average molecular weight is 422 g/mol. The van der Waals surface area contributed by atoms with Crippen LogP contribution in [0.2, 0.25) is 0 Å². The molecule has 28 heavy (non-hydrogen) atoms. The second-order valence-electron chi connectivity index (χ2n) is 7.76. The number of rotatable bonds is 4. The Hall–Kier alpha value is -1.81. The third kappa shape index (κ3) is 6.10. The number of carbonyl (C=O) groups excluding carboxylic acids is 1. The molecule has 1 saturated carbocycles. The van der Waals surface area contributed by atoms with Crippen LogP contribution in [0.3, 0.4) is 0 Å². The zero-order chi connectivity index (χ0) is 21.2. The van der Waals surface area contributed by atoms with Crippen molar-refractivity contribution in [2.75, 3.05) is 0 Å². The Kier molecular flexibility index (Phi) is 6.65. The highest BCUT2D eigenvalue weighted by atomic mass is 32.2. The number of nitrogens with one attached hydrogen (secondary N) is 2. The highest BCUT2D eigenvalue weighted by Crippen LogP contribution is 2.34. The zero-order valence-corrected chi connectivity index (χ0v) is 16.8. The lowest BCUT2D eigenvalue weighted by Gasteiger charge is -2.33. The Morgan fingerprint density at radius 1 is 1.07 bits per heavy atom. The highest BCUT2D eigenvalue weighted by Gasteiger charge is 2.38. The maximum atomic E-state index is 13.2. The molecule has 1 fully saturated rings. The van der Waals surface area contributed by atoms with Crippen LogP contribution in [-0.4, -0.2) is 32.2 Å². The lowest BCUT2D eigenvalue weighted by Crippen LogP contribution is -2.53. The number of hydrogen-bond acceptors (Lipinski definition) is 4. The molecular formula is C18H25F3N2O4S. The highest BCUT2D eigenvalue weighted by molar-refractivity contribution is 7.89. The van der Waals surface area contributed by atoms with Gasteiger partial charge in [-0.2, -0.15) is 13.2 Å². The van der Waals surface area contributed by atoms with Gasteiger partial charge in [0.25, 0.3) is 0 Å². The summed E-state index contributed by atoms with van der Waals surface area (Å²) in [5, 5.41) is 2.63. The summed E-state index contributed by atoms with van der Waals surface area (Å²) in [5.74, 6) is 0. The predicted octanol–water partition coefficient (Wildman–Crippen LogP) is 3.82. The Bertz CT molecular complexity index is 804. The first-order chi connectivity index (χ1) is 12.8. The van der Waals surface area contributed by atoms with Crippen LogP contribution < -0.4 is 10.0 Å². The first kappa shape index (κ1) is 22.5. The molecular weight excluding hydrogens is 397 g/mol. The van der Waals surface area contributed by atoms with Crippen LogP contribution in [0.4, 0.5) is 18.0 Å². The van der Waals surface area contributed by atoms with Gasteiger partial charge in [-0.25, -0.2) is 17.9 Å². The fraction of sp³-hybridized carbons (Fsp3) is 0.611. The summed E-state index contributed by atoms with van der Waals surface area (Å²) in [5.41, 5.74) is -1.95. The zero-order valence-electron chi connectivity index (χ0n) is 16.0. The molecule has 0 unspecified atom stereocenters. The molecule has 1 aromatic rings. The monoisotopic (exact) mass is 422 g/mol. The summed E-state index contributed by atoms with van der Waals surface area (Å²) >= 11 is 0. The van der Waals surface area contributed by atoms with E-state index in [1.165, 1.54) is 6.07 Å². The van der Waals surface area contributed by atoms with Crippen molar-refractivity contribution in [3.63, 3.8) is 0 Å². The van der Waals surface area contributed by atoms with Crippen LogP contribution in [0.5, 0.6) is 0 Å². The summed E-state index contributed by atoms with van der Waals surface area (Å²) in [6, 6.07) is 2.72. The average Bonchev–Trinajstić information content (AvgIpc) is 2.54. The van der Waals surface area contributed by atoms with E-state index < -0.39 is 50.4 Å². The summed E-state index contributed by atoms with van der Waals surface area (Å²) in [6.07, 6.45) is -3.15. The van der Waals surface area contributed by atoms with Crippen molar-refractivity contribution < 1.29 is 31.1 Å². The molecule has 1 aliphatic rings. The molecule has 10 heteroatoms. The van der Waals surface area contributed by atoms with Crippen molar-refractivity contribution in [1.82, 2.24) is 10.0 Å². The van der Waals surface area contributed by atoms with E-state index in [4.69, 9.17) is 4.74 Å². The van der Waals surface area contributed by atoms with Crippen molar-refractivity contribution in [3.8, 4) is 0 Å². The fourth-order valence-corrected chi connectivity index (χ4v) is 4.64. The lowest BCUT2D eigenvalue weighted by atomic mass is 9.91. The molecule has 0 radical (unpaired) electrons. The molecule has 1 aliphatic carbocycles. The normalized spacial score (nSPS) is 21.2. The SMILES string of the molecule is CC(C)(C)OC(=O)N[C@H]1CCCC[C@@H]1NS(=O)(=O)c1ccccc1C(F)(F)F. The van der Waals surface area contributed by atoms with E-state index in [0.29, 0.717) is 19.3 Å². The number of alkyl carbamates (subject to hydrolysis) is 1. The van der Waals surface area contributed by atoms with Crippen LogP contribution >= 0.6 is 0 Å². The molecule has 0 saturated heterocycles. The van der Waals surface area contributed by atoms with E-state index in [9.17, 15) is 26.4 Å². The molecule has 158 valence electrons. The van der Waals surface area contributed by atoms with Gasteiger partial charge in [0, 0.05) is 12.1 Å². The molecule has 1 amide bonds. The number of amides is 1. The van der Waals surface area contributed by atoms with Crippen LogP contribution in [-0.2, 0) is 20.9 Å². The number of benzene rings is 1. The van der Waals surface area contributed by atoms with Gasteiger partial charge in [-0.05, 0) is 45.7 Å². The summed E-state index contributed by atoms with van der Waals surface area (Å²) in [4.78, 5) is 11.2. The minimum Gasteiger partial charge on any atom is -0.444 e. The second kappa shape index (κ2) is 8.28. The molecule has 0 spiro atoms. The van der Waals surface area contributed by atoms with Gasteiger partial charge in [-0.3, -0.25) is 0 Å². The van der Waals surface area contributed by atoms with Crippen LogP contribution in [0.1, 0.15) is 52.0 Å². The topological polar surface area (TPSA) is 84.5 Å². The summed E-state index contributed by atoms with van der Waals surface area (Å²) < 4.78 is 72.5. The number of sulfonamides is 1. The lowest BCUT2D eigenvalue weighted by molar-refractivity contribution is -0.139. The van der Waals surface area contributed by atoms with E-state index in [1.54, 1.807) is 20.8 Å². The van der Waals surface area contributed by atoms with E-state index in [2.05, 4.69) is 10.0 Å². The van der Waals surface area contributed by atoms with Crippen molar-refractivity contribution >= 4 is 16.1 Å². The molecule has 1 aromatic carbocycles.